The quantitative estimate of drug-likeness (QED) is 0.370. The van der Waals surface area contributed by atoms with Gasteiger partial charge in [-0.05, 0) is 47.9 Å². The van der Waals surface area contributed by atoms with E-state index < -0.39 is 13.7 Å². The third-order valence-corrected chi connectivity index (χ3v) is 13.2. The van der Waals surface area contributed by atoms with Gasteiger partial charge in [0.05, 0.1) is 33.5 Å². The molecular weight excluding hydrogens is 546 g/mol. The summed E-state index contributed by atoms with van der Waals surface area (Å²) in [6.45, 7) is 7.39. The van der Waals surface area contributed by atoms with E-state index in [0.29, 0.717) is 13.0 Å². The zero-order chi connectivity index (χ0) is 26.4. The van der Waals surface area contributed by atoms with Gasteiger partial charge in [0.2, 0.25) is 0 Å². The Labute approximate surface area is 228 Å². The summed E-state index contributed by atoms with van der Waals surface area (Å²) in [6.07, 6.45) is 0.273. The maximum Gasteiger partial charge on any atom is 0.264 e. The second-order valence-corrected chi connectivity index (χ2v) is 16.3. The van der Waals surface area contributed by atoms with Crippen LogP contribution in [0.5, 0.6) is 5.75 Å². The van der Waals surface area contributed by atoms with Crippen LogP contribution in [0.15, 0.2) is 77.3 Å². The van der Waals surface area contributed by atoms with Crippen LogP contribution in [0.3, 0.4) is 0 Å². The molecule has 1 saturated heterocycles. The third-order valence-electron chi connectivity index (χ3n) is 8.39. The first-order valence-corrected chi connectivity index (χ1v) is 16.7. The maximum atomic E-state index is 14.5. The minimum atomic E-state index is -2.17. The normalized spacial score (nSPS) is 25.1. The molecule has 194 valence electrons. The SMILES string of the molecule is COc1ccc([Si](C)(C)[C@H]2[C@H](CCO)O[C@@]3(C(=O)N(Cc4ccccc4)c4ccc(Br)cc43)[C@@H]2C)cc1. The van der Waals surface area contributed by atoms with Crippen LogP contribution in [0.4, 0.5) is 5.69 Å². The number of methoxy groups -OCH3 is 1. The average molecular weight is 581 g/mol. The van der Waals surface area contributed by atoms with Gasteiger partial charge in [0, 0.05) is 22.6 Å². The van der Waals surface area contributed by atoms with E-state index in [2.05, 4.69) is 54.1 Å². The van der Waals surface area contributed by atoms with Crippen molar-refractivity contribution in [2.75, 3.05) is 18.6 Å². The molecule has 5 nitrogen and oxygen atoms in total. The molecule has 0 aliphatic carbocycles. The number of amides is 1. The van der Waals surface area contributed by atoms with Crippen molar-refractivity contribution in [3.05, 3.63) is 88.4 Å². The summed E-state index contributed by atoms with van der Waals surface area (Å²) in [6, 6.07) is 24.5. The van der Waals surface area contributed by atoms with Crippen molar-refractivity contribution in [3.8, 4) is 5.75 Å². The number of fused-ring (bicyclic) bond motifs is 2. The van der Waals surface area contributed by atoms with E-state index in [1.807, 2.05) is 59.5 Å². The molecule has 0 aromatic heterocycles. The third kappa shape index (κ3) is 4.26. The van der Waals surface area contributed by atoms with Crippen LogP contribution in [-0.2, 0) is 21.7 Å². The monoisotopic (exact) mass is 579 g/mol. The van der Waals surface area contributed by atoms with Crippen molar-refractivity contribution in [1.29, 1.82) is 0 Å². The van der Waals surface area contributed by atoms with E-state index in [-0.39, 0.29) is 30.1 Å². The molecule has 0 bridgehead atoms. The summed E-state index contributed by atoms with van der Waals surface area (Å²) < 4.78 is 13.2. The number of ether oxygens (including phenoxy) is 2. The first-order chi connectivity index (χ1) is 17.7. The van der Waals surface area contributed by atoms with Crippen molar-refractivity contribution in [2.45, 2.75) is 50.2 Å². The molecule has 1 N–H and O–H groups in total. The standard InChI is InChI=1S/C30H34BrNO4Si/c1-20-28(37(3,4)24-13-11-23(35-2)12-14-24)27(16-17-33)36-30(20)25-18-22(31)10-15-26(25)32(29(30)34)19-21-8-6-5-7-9-21/h5-15,18,20,27-28,33H,16-17,19H2,1-4H3/t20-,27+,28-,30+/m1/s1. The van der Waals surface area contributed by atoms with Gasteiger partial charge in [-0.3, -0.25) is 4.79 Å². The second-order valence-electron chi connectivity index (χ2n) is 10.7. The number of carbonyl (C=O) groups is 1. The summed E-state index contributed by atoms with van der Waals surface area (Å²) in [5.41, 5.74) is 1.93. The van der Waals surface area contributed by atoms with Crippen molar-refractivity contribution < 1.29 is 19.4 Å². The fourth-order valence-corrected chi connectivity index (χ4v) is 11.0. The fraction of sp³-hybridized carbons (Fsp3) is 0.367. The van der Waals surface area contributed by atoms with Gasteiger partial charge >= 0.3 is 0 Å². The van der Waals surface area contributed by atoms with Gasteiger partial charge in [-0.1, -0.05) is 83.6 Å². The fourth-order valence-electron chi connectivity index (χ4n) is 6.61. The number of carbonyl (C=O) groups excluding carboxylic acids is 1. The van der Waals surface area contributed by atoms with Gasteiger partial charge in [-0.2, -0.15) is 0 Å². The minimum absolute atomic E-state index is 0.0121. The Kier molecular flexibility index (Phi) is 7.09. The Morgan fingerprint density at radius 1 is 1.08 bits per heavy atom. The van der Waals surface area contributed by atoms with E-state index >= 15 is 0 Å². The van der Waals surface area contributed by atoms with E-state index in [4.69, 9.17) is 9.47 Å². The van der Waals surface area contributed by atoms with Crippen molar-refractivity contribution in [2.24, 2.45) is 5.92 Å². The average Bonchev–Trinajstić information content (AvgIpc) is 3.32. The highest BCUT2D eigenvalue weighted by Gasteiger charge is 2.66. The molecule has 1 fully saturated rings. The van der Waals surface area contributed by atoms with E-state index in [1.165, 1.54) is 5.19 Å². The molecule has 1 amide bonds. The van der Waals surface area contributed by atoms with Gasteiger partial charge in [-0.25, -0.2) is 0 Å². The molecule has 7 heteroatoms. The van der Waals surface area contributed by atoms with Gasteiger partial charge in [-0.15, -0.1) is 0 Å². The van der Waals surface area contributed by atoms with Crippen molar-refractivity contribution in [1.82, 2.24) is 0 Å². The summed E-state index contributed by atoms with van der Waals surface area (Å²) >= 11 is 3.64. The number of aliphatic hydroxyl groups is 1. The lowest BCUT2D eigenvalue weighted by atomic mass is 9.82. The predicted molar refractivity (Wildman–Crippen MR) is 153 cm³/mol. The molecule has 3 aromatic carbocycles. The Bertz CT molecular complexity index is 1280. The highest BCUT2D eigenvalue weighted by molar-refractivity contribution is 9.10. The summed E-state index contributed by atoms with van der Waals surface area (Å²) in [4.78, 5) is 16.4. The first kappa shape index (κ1) is 26.2. The molecule has 2 aliphatic rings. The molecule has 37 heavy (non-hydrogen) atoms. The largest absolute Gasteiger partial charge is 0.497 e. The Hall–Kier alpha value is -2.45. The van der Waals surface area contributed by atoms with Crippen LogP contribution >= 0.6 is 15.9 Å². The van der Waals surface area contributed by atoms with Gasteiger partial charge < -0.3 is 19.5 Å². The number of aliphatic hydroxyl groups excluding tert-OH is 1. The topological polar surface area (TPSA) is 59.0 Å². The molecule has 0 radical (unpaired) electrons. The molecule has 0 unspecified atom stereocenters. The summed E-state index contributed by atoms with van der Waals surface area (Å²) in [5.74, 6) is 0.741. The molecule has 4 atom stereocenters. The zero-order valence-electron chi connectivity index (χ0n) is 21.8. The number of hydrogen-bond donors (Lipinski definition) is 1. The number of halogens is 1. The number of benzene rings is 3. The maximum absolute atomic E-state index is 14.5. The number of hydrogen-bond acceptors (Lipinski definition) is 4. The smallest absolute Gasteiger partial charge is 0.264 e. The van der Waals surface area contributed by atoms with Crippen LogP contribution in [0.1, 0.15) is 24.5 Å². The number of nitrogens with zero attached hydrogens (tertiary/aromatic N) is 1. The molecular formula is C30H34BrNO4Si. The number of rotatable bonds is 7. The highest BCUT2D eigenvalue weighted by Crippen LogP contribution is 2.60. The molecule has 3 aromatic rings. The summed E-state index contributed by atoms with van der Waals surface area (Å²) in [7, 11) is -0.499. The highest BCUT2D eigenvalue weighted by atomic mass is 79.9. The second kappa shape index (κ2) is 10.0. The van der Waals surface area contributed by atoms with Crippen LogP contribution in [0.25, 0.3) is 0 Å². The molecule has 2 heterocycles. The number of anilines is 1. The molecule has 1 spiro atoms. The van der Waals surface area contributed by atoms with Crippen LogP contribution < -0.4 is 14.8 Å². The van der Waals surface area contributed by atoms with Gasteiger partial charge in [0.15, 0.2) is 5.60 Å². The lowest BCUT2D eigenvalue weighted by molar-refractivity contribution is -0.146. The van der Waals surface area contributed by atoms with Crippen LogP contribution in [0, 0.1) is 5.92 Å². The van der Waals surface area contributed by atoms with E-state index in [1.54, 1.807) is 7.11 Å². The first-order valence-electron chi connectivity index (χ1n) is 12.8. The Balaban J connectivity index is 1.61. The van der Waals surface area contributed by atoms with Crippen molar-refractivity contribution in [3.63, 3.8) is 0 Å². The van der Waals surface area contributed by atoms with Gasteiger partial charge in [0.1, 0.15) is 5.75 Å². The lowest BCUT2D eigenvalue weighted by Gasteiger charge is -2.37. The summed E-state index contributed by atoms with van der Waals surface area (Å²) in [5, 5.41) is 11.3. The Morgan fingerprint density at radius 2 is 1.78 bits per heavy atom. The van der Waals surface area contributed by atoms with E-state index in [9.17, 15) is 9.90 Å². The minimum Gasteiger partial charge on any atom is -0.497 e. The van der Waals surface area contributed by atoms with E-state index in [0.717, 1.165) is 27.0 Å². The van der Waals surface area contributed by atoms with Crippen molar-refractivity contribution >= 4 is 40.8 Å². The zero-order valence-corrected chi connectivity index (χ0v) is 24.4. The lowest BCUT2D eigenvalue weighted by Crippen LogP contribution is -2.51. The molecule has 5 rings (SSSR count). The Morgan fingerprint density at radius 3 is 2.43 bits per heavy atom. The molecule has 2 aliphatic heterocycles. The van der Waals surface area contributed by atoms with Crippen LogP contribution in [0.2, 0.25) is 18.6 Å². The van der Waals surface area contributed by atoms with Gasteiger partial charge in [0.25, 0.3) is 5.91 Å². The van der Waals surface area contributed by atoms with Crippen LogP contribution in [-0.4, -0.2) is 38.9 Å². The molecule has 0 saturated carbocycles. The predicted octanol–water partition coefficient (Wildman–Crippen LogP) is 5.60.